The van der Waals surface area contributed by atoms with E-state index in [1.807, 2.05) is 11.9 Å². The zero-order chi connectivity index (χ0) is 19.6. The lowest BCUT2D eigenvalue weighted by atomic mass is 10.00. The fourth-order valence-electron chi connectivity index (χ4n) is 3.53. The van der Waals surface area contributed by atoms with Crippen LogP contribution in [0.3, 0.4) is 0 Å². The average molecular weight is 376 g/mol. The highest BCUT2D eigenvalue weighted by atomic mass is 19.1. The summed E-state index contributed by atoms with van der Waals surface area (Å²) in [5.41, 5.74) is 0.983. The molecule has 1 heterocycles. The van der Waals surface area contributed by atoms with Gasteiger partial charge in [0.25, 0.3) is 0 Å². The molecule has 0 aliphatic carbocycles. The van der Waals surface area contributed by atoms with Crippen LogP contribution in [0.15, 0.2) is 36.4 Å². The number of nitrogens with zero attached hydrogens (tertiary/aromatic N) is 2. The summed E-state index contributed by atoms with van der Waals surface area (Å²) in [7, 11) is 4.01. The van der Waals surface area contributed by atoms with E-state index < -0.39 is 23.2 Å². The van der Waals surface area contributed by atoms with Gasteiger partial charge in [-0.1, -0.05) is 0 Å². The quantitative estimate of drug-likeness (QED) is 0.736. The molecule has 3 rings (SSSR count). The van der Waals surface area contributed by atoms with E-state index in [0.717, 1.165) is 38.1 Å². The van der Waals surface area contributed by atoms with E-state index in [1.54, 1.807) is 6.07 Å². The lowest BCUT2D eigenvalue weighted by Crippen LogP contribution is -2.42. The van der Waals surface area contributed by atoms with E-state index in [4.69, 9.17) is 0 Å². The maximum Gasteiger partial charge on any atom is 0.170 e. The van der Waals surface area contributed by atoms with Gasteiger partial charge in [-0.25, -0.2) is 13.2 Å². The molecule has 0 radical (unpaired) electrons. The summed E-state index contributed by atoms with van der Waals surface area (Å²) in [5, 5.41) is 0. The number of carbonyl (C=O) groups is 1. The minimum Gasteiger partial charge on any atom is -0.371 e. The first kappa shape index (κ1) is 19.4. The van der Waals surface area contributed by atoms with Crippen LogP contribution in [0.1, 0.15) is 28.8 Å². The summed E-state index contributed by atoms with van der Waals surface area (Å²) in [6.07, 6.45) is 1.83. The summed E-state index contributed by atoms with van der Waals surface area (Å²) < 4.78 is 41.0. The van der Waals surface area contributed by atoms with Crippen molar-refractivity contribution in [1.82, 2.24) is 4.90 Å². The van der Waals surface area contributed by atoms with E-state index in [0.29, 0.717) is 23.4 Å². The largest absolute Gasteiger partial charge is 0.371 e. The molecule has 1 aliphatic heterocycles. The minimum atomic E-state index is -0.903. The first-order valence-corrected chi connectivity index (χ1v) is 9.02. The van der Waals surface area contributed by atoms with Crippen LogP contribution in [0.25, 0.3) is 0 Å². The average Bonchev–Trinajstić information content (AvgIpc) is 2.61. The molecule has 0 amide bonds. The van der Waals surface area contributed by atoms with Gasteiger partial charge in [-0.05, 0) is 68.9 Å². The maximum absolute atomic E-state index is 14.1. The van der Waals surface area contributed by atoms with Gasteiger partial charge in [0.2, 0.25) is 0 Å². The van der Waals surface area contributed by atoms with Crippen LogP contribution in [0.4, 0.5) is 18.9 Å². The molecular formula is C21H23F3N2O. The molecule has 3 nitrogen and oxygen atoms in total. The number of ketones is 1. The van der Waals surface area contributed by atoms with Crippen LogP contribution < -0.4 is 4.90 Å². The van der Waals surface area contributed by atoms with Crippen molar-refractivity contribution in [3.8, 4) is 0 Å². The second-order valence-corrected chi connectivity index (χ2v) is 7.19. The first-order valence-electron chi connectivity index (χ1n) is 9.02. The Morgan fingerprint density at radius 3 is 2.44 bits per heavy atom. The fraction of sp³-hybridized carbons (Fsp3) is 0.381. The van der Waals surface area contributed by atoms with Crippen LogP contribution >= 0.6 is 0 Å². The summed E-state index contributed by atoms with van der Waals surface area (Å²) in [5.74, 6) is -2.59. The monoisotopic (exact) mass is 376 g/mol. The second-order valence-electron chi connectivity index (χ2n) is 7.19. The van der Waals surface area contributed by atoms with Gasteiger partial charge in [0, 0.05) is 31.3 Å². The molecule has 0 N–H and O–H groups in total. The van der Waals surface area contributed by atoms with Crippen molar-refractivity contribution in [3.05, 3.63) is 65.0 Å². The summed E-state index contributed by atoms with van der Waals surface area (Å²) in [6, 6.07) is 7.65. The third-order valence-corrected chi connectivity index (χ3v) is 5.18. The predicted molar refractivity (Wildman–Crippen MR) is 99.7 cm³/mol. The van der Waals surface area contributed by atoms with Crippen molar-refractivity contribution < 1.29 is 18.0 Å². The number of hydrogen-bond donors (Lipinski definition) is 0. The van der Waals surface area contributed by atoms with E-state index in [2.05, 4.69) is 11.9 Å². The Kier molecular flexibility index (Phi) is 5.85. The number of Topliss-reactive ketones (excluding diaryl/α,β-unsaturated/α-hetero) is 1. The van der Waals surface area contributed by atoms with Crippen LogP contribution in [0.5, 0.6) is 0 Å². The Labute approximate surface area is 157 Å². The molecule has 27 heavy (non-hydrogen) atoms. The molecule has 0 atom stereocenters. The fourth-order valence-corrected chi connectivity index (χ4v) is 3.53. The van der Waals surface area contributed by atoms with Crippen molar-refractivity contribution in [2.45, 2.75) is 25.3 Å². The number of anilines is 1. The molecule has 0 aromatic heterocycles. The third-order valence-electron chi connectivity index (χ3n) is 5.18. The lowest BCUT2D eigenvalue weighted by molar-refractivity contribution is 0.0989. The molecule has 2 aromatic carbocycles. The molecule has 2 aromatic rings. The van der Waals surface area contributed by atoms with Gasteiger partial charge in [-0.3, -0.25) is 4.79 Å². The number of hydrogen-bond acceptors (Lipinski definition) is 3. The van der Waals surface area contributed by atoms with E-state index in [9.17, 15) is 18.0 Å². The number of likely N-dealkylation sites (tertiary alicyclic amines) is 1. The highest BCUT2D eigenvalue weighted by molar-refractivity contribution is 5.97. The Balaban J connectivity index is 1.77. The van der Waals surface area contributed by atoms with Gasteiger partial charge in [0.1, 0.15) is 17.5 Å². The molecule has 0 bridgehead atoms. The van der Waals surface area contributed by atoms with Crippen molar-refractivity contribution in [1.29, 1.82) is 0 Å². The molecule has 1 fully saturated rings. The smallest absolute Gasteiger partial charge is 0.170 e. The molecule has 0 unspecified atom stereocenters. The number of piperidine rings is 1. The van der Waals surface area contributed by atoms with Gasteiger partial charge in [0.15, 0.2) is 5.78 Å². The van der Waals surface area contributed by atoms with Crippen molar-refractivity contribution >= 4 is 11.5 Å². The zero-order valence-corrected chi connectivity index (χ0v) is 15.5. The highest BCUT2D eigenvalue weighted by Gasteiger charge is 2.22. The van der Waals surface area contributed by atoms with Crippen molar-refractivity contribution in [2.75, 3.05) is 32.1 Å². The Morgan fingerprint density at radius 2 is 1.78 bits per heavy atom. The van der Waals surface area contributed by atoms with Crippen LogP contribution in [0.2, 0.25) is 0 Å². The standard InChI is InChI=1S/C21H23F3N2O/c1-25-7-5-17(6-8-25)26(2)18-10-14(9-16(23)12-18)11-21(27)19-4-3-15(22)13-20(19)24/h3-4,9-10,12-13,17H,5-8,11H2,1-2H3. The zero-order valence-electron chi connectivity index (χ0n) is 15.5. The number of carbonyl (C=O) groups excluding carboxylic acids is 1. The molecule has 144 valence electrons. The van der Waals surface area contributed by atoms with E-state index >= 15 is 0 Å². The van der Waals surface area contributed by atoms with Gasteiger partial charge in [0.05, 0.1) is 5.56 Å². The van der Waals surface area contributed by atoms with E-state index in [-0.39, 0.29) is 12.0 Å². The van der Waals surface area contributed by atoms with Crippen LogP contribution in [0, 0.1) is 17.5 Å². The second kappa shape index (κ2) is 8.13. The maximum atomic E-state index is 14.1. The summed E-state index contributed by atoms with van der Waals surface area (Å²) in [6.45, 7) is 1.97. The number of rotatable bonds is 5. The predicted octanol–water partition coefficient (Wildman–Crippen LogP) is 4.06. The summed E-state index contributed by atoms with van der Waals surface area (Å²) >= 11 is 0. The molecule has 6 heteroatoms. The molecular weight excluding hydrogens is 353 g/mol. The lowest BCUT2D eigenvalue weighted by Gasteiger charge is -2.36. The van der Waals surface area contributed by atoms with Crippen molar-refractivity contribution in [2.24, 2.45) is 0 Å². The van der Waals surface area contributed by atoms with Crippen molar-refractivity contribution in [3.63, 3.8) is 0 Å². The number of benzene rings is 2. The number of halogens is 3. The van der Waals surface area contributed by atoms with Crippen LogP contribution in [-0.2, 0) is 6.42 Å². The van der Waals surface area contributed by atoms with Gasteiger partial charge >= 0.3 is 0 Å². The first-order chi connectivity index (χ1) is 12.8. The third kappa shape index (κ3) is 4.69. The topological polar surface area (TPSA) is 23.6 Å². The Bertz CT molecular complexity index is 832. The van der Waals surface area contributed by atoms with E-state index in [1.165, 1.54) is 12.1 Å². The summed E-state index contributed by atoms with van der Waals surface area (Å²) in [4.78, 5) is 16.7. The molecule has 0 spiro atoms. The van der Waals surface area contributed by atoms with Crippen LogP contribution in [-0.4, -0.2) is 43.9 Å². The minimum absolute atomic E-state index is 0.144. The van der Waals surface area contributed by atoms with Gasteiger partial charge < -0.3 is 9.80 Å². The highest BCUT2D eigenvalue weighted by Crippen LogP contribution is 2.25. The normalized spacial score (nSPS) is 15.7. The molecule has 0 saturated carbocycles. The van der Waals surface area contributed by atoms with Gasteiger partial charge in [-0.2, -0.15) is 0 Å². The Morgan fingerprint density at radius 1 is 1.07 bits per heavy atom. The molecule has 1 aliphatic rings. The SMILES string of the molecule is CN1CCC(N(C)c2cc(F)cc(CC(=O)c3ccc(F)cc3F)c2)CC1. The van der Waals surface area contributed by atoms with Gasteiger partial charge in [-0.15, -0.1) is 0 Å². The Hall–Kier alpha value is -2.34. The molecule has 1 saturated heterocycles.